The Morgan fingerprint density at radius 3 is 1.71 bits per heavy atom. The summed E-state index contributed by atoms with van der Waals surface area (Å²) in [6.07, 6.45) is 5.97. The Hall–Kier alpha value is 0.410. The molecule has 0 saturated heterocycles. The maximum atomic E-state index is 14.6. The highest BCUT2D eigenvalue weighted by atomic mass is 79.9. The lowest BCUT2D eigenvalue weighted by molar-refractivity contribution is -0.140. The molecular weight excluding hydrogens is 243 g/mol. The lowest BCUT2D eigenvalue weighted by Crippen LogP contribution is -2.61. The molecule has 2 atom stereocenters. The highest BCUT2D eigenvalue weighted by Gasteiger charge is 2.65. The van der Waals surface area contributed by atoms with E-state index >= 15 is 0 Å². The van der Waals surface area contributed by atoms with E-state index in [4.69, 9.17) is 0 Å². The Kier molecular flexibility index (Phi) is 1.54. The minimum Gasteiger partial charge on any atom is -0.244 e. The SMILES string of the molecule is CC12CC3(C)CC(F)(C1)CC(Br)(C2)C3. The minimum absolute atomic E-state index is 0.125. The van der Waals surface area contributed by atoms with Gasteiger partial charge in [-0.25, -0.2) is 4.39 Å². The molecule has 2 heteroatoms. The van der Waals surface area contributed by atoms with Crippen molar-refractivity contribution in [2.75, 3.05) is 0 Å². The summed E-state index contributed by atoms with van der Waals surface area (Å²) >= 11 is 3.82. The summed E-state index contributed by atoms with van der Waals surface area (Å²) in [5.74, 6) is 0. The molecule has 4 bridgehead atoms. The van der Waals surface area contributed by atoms with Crippen LogP contribution in [0.3, 0.4) is 0 Å². The molecule has 14 heavy (non-hydrogen) atoms. The number of rotatable bonds is 0. The van der Waals surface area contributed by atoms with Gasteiger partial charge in [0.05, 0.1) is 0 Å². The molecule has 0 amide bonds. The van der Waals surface area contributed by atoms with E-state index in [0.29, 0.717) is 0 Å². The quantitative estimate of drug-likeness (QED) is 0.573. The highest BCUT2D eigenvalue weighted by molar-refractivity contribution is 9.10. The Balaban J connectivity index is 2.08. The van der Waals surface area contributed by atoms with E-state index < -0.39 is 5.67 Å². The van der Waals surface area contributed by atoms with Crippen molar-refractivity contribution in [3.8, 4) is 0 Å². The second-order valence-electron chi connectivity index (χ2n) is 6.98. The second kappa shape index (κ2) is 2.23. The predicted octanol–water partition coefficient (Wildman–Crippen LogP) is 4.22. The molecule has 0 aliphatic heterocycles. The third-order valence-corrected chi connectivity index (χ3v) is 5.30. The third-order valence-electron chi connectivity index (χ3n) is 4.46. The van der Waals surface area contributed by atoms with E-state index in [2.05, 4.69) is 29.8 Å². The van der Waals surface area contributed by atoms with Gasteiger partial charge in [-0.05, 0) is 49.4 Å². The maximum absolute atomic E-state index is 14.6. The molecule has 0 N–H and O–H groups in total. The van der Waals surface area contributed by atoms with E-state index in [0.717, 1.165) is 19.3 Å². The van der Waals surface area contributed by atoms with Crippen molar-refractivity contribution < 1.29 is 4.39 Å². The maximum Gasteiger partial charge on any atom is 0.113 e. The molecule has 0 aromatic rings. The molecule has 4 saturated carbocycles. The van der Waals surface area contributed by atoms with E-state index in [-0.39, 0.29) is 15.2 Å². The zero-order valence-electron chi connectivity index (χ0n) is 9.00. The molecule has 0 aromatic carbocycles. The molecule has 4 aliphatic carbocycles. The lowest BCUT2D eigenvalue weighted by Gasteiger charge is -2.65. The first-order chi connectivity index (χ1) is 6.24. The van der Waals surface area contributed by atoms with Gasteiger partial charge < -0.3 is 0 Å². The van der Waals surface area contributed by atoms with Gasteiger partial charge >= 0.3 is 0 Å². The third kappa shape index (κ3) is 1.22. The van der Waals surface area contributed by atoms with Crippen LogP contribution in [0.1, 0.15) is 52.4 Å². The monoisotopic (exact) mass is 260 g/mol. The number of hydrogen-bond acceptors (Lipinski definition) is 0. The molecule has 0 spiro atoms. The zero-order valence-corrected chi connectivity index (χ0v) is 10.6. The van der Waals surface area contributed by atoms with Gasteiger partial charge in [-0.1, -0.05) is 29.8 Å². The van der Waals surface area contributed by atoms with Crippen molar-refractivity contribution in [2.24, 2.45) is 10.8 Å². The topological polar surface area (TPSA) is 0 Å². The number of halogens is 2. The zero-order chi connectivity index (χ0) is 10.2. The van der Waals surface area contributed by atoms with Crippen LogP contribution in [0.15, 0.2) is 0 Å². The highest BCUT2D eigenvalue weighted by Crippen LogP contribution is 2.70. The van der Waals surface area contributed by atoms with Crippen LogP contribution in [0.2, 0.25) is 0 Å². The molecule has 0 nitrogen and oxygen atoms in total. The van der Waals surface area contributed by atoms with Crippen LogP contribution in [0.4, 0.5) is 4.39 Å². The predicted molar refractivity (Wildman–Crippen MR) is 59.4 cm³/mol. The van der Waals surface area contributed by atoms with Gasteiger partial charge in [-0.2, -0.15) is 0 Å². The van der Waals surface area contributed by atoms with Gasteiger partial charge in [-0.3, -0.25) is 0 Å². The summed E-state index contributed by atoms with van der Waals surface area (Å²) in [6, 6.07) is 0. The van der Waals surface area contributed by atoms with Crippen LogP contribution in [-0.2, 0) is 0 Å². The molecule has 2 unspecified atom stereocenters. The van der Waals surface area contributed by atoms with Gasteiger partial charge in [0, 0.05) is 4.32 Å². The van der Waals surface area contributed by atoms with Gasteiger partial charge in [0.2, 0.25) is 0 Å². The first kappa shape index (κ1) is 9.62. The first-order valence-electron chi connectivity index (χ1n) is 5.62. The van der Waals surface area contributed by atoms with Crippen LogP contribution < -0.4 is 0 Å². The van der Waals surface area contributed by atoms with Gasteiger partial charge in [0.15, 0.2) is 0 Å². The van der Waals surface area contributed by atoms with Gasteiger partial charge in [0.25, 0.3) is 0 Å². The summed E-state index contributed by atoms with van der Waals surface area (Å²) in [5.41, 5.74) is -0.328. The molecule has 4 aliphatic rings. The minimum atomic E-state index is -0.859. The van der Waals surface area contributed by atoms with Crippen molar-refractivity contribution in [3.05, 3.63) is 0 Å². The largest absolute Gasteiger partial charge is 0.244 e. The van der Waals surface area contributed by atoms with Crippen LogP contribution in [-0.4, -0.2) is 9.99 Å². The fourth-order valence-electron chi connectivity index (χ4n) is 5.41. The fraction of sp³-hybridized carbons (Fsp3) is 1.00. The standard InChI is InChI=1S/C12H18BrF/c1-9-3-10(2)5-11(13,4-9)8-12(14,6-9)7-10/h3-8H2,1-2H3. The van der Waals surface area contributed by atoms with Crippen LogP contribution in [0.25, 0.3) is 0 Å². The van der Waals surface area contributed by atoms with Crippen LogP contribution in [0.5, 0.6) is 0 Å². The number of hydrogen-bond donors (Lipinski definition) is 0. The summed E-state index contributed by atoms with van der Waals surface area (Å²) in [6.45, 7) is 4.57. The van der Waals surface area contributed by atoms with E-state index in [1.165, 1.54) is 19.3 Å². The summed E-state index contributed by atoms with van der Waals surface area (Å²) in [4.78, 5) is 0. The van der Waals surface area contributed by atoms with Gasteiger partial charge in [-0.15, -0.1) is 0 Å². The Bertz CT molecular complexity index is 203. The molecule has 0 aromatic heterocycles. The summed E-state index contributed by atoms with van der Waals surface area (Å²) in [5, 5.41) is 0. The smallest absolute Gasteiger partial charge is 0.113 e. The number of alkyl halides is 2. The van der Waals surface area contributed by atoms with Crippen molar-refractivity contribution in [3.63, 3.8) is 0 Å². The van der Waals surface area contributed by atoms with E-state index in [9.17, 15) is 4.39 Å². The normalized spacial score (nSPS) is 66.0. The Labute approximate surface area is 93.8 Å². The van der Waals surface area contributed by atoms with E-state index in [1.807, 2.05) is 0 Å². The molecule has 4 rings (SSSR count). The van der Waals surface area contributed by atoms with E-state index in [1.54, 1.807) is 0 Å². The molecule has 0 radical (unpaired) electrons. The molecular formula is C12H18BrF. The van der Waals surface area contributed by atoms with Crippen LogP contribution >= 0.6 is 15.9 Å². The van der Waals surface area contributed by atoms with Gasteiger partial charge in [0.1, 0.15) is 5.67 Å². The van der Waals surface area contributed by atoms with Crippen molar-refractivity contribution >= 4 is 15.9 Å². The molecule has 0 heterocycles. The Morgan fingerprint density at radius 2 is 1.36 bits per heavy atom. The summed E-state index contributed by atoms with van der Waals surface area (Å²) in [7, 11) is 0. The van der Waals surface area contributed by atoms with Crippen molar-refractivity contribution in [1.29, 1.82) is 0 Å². The molecule has 80 valence electrons. The van der Waals surface area contributed by atoms with Crippen molar-refractivity contribution in [2.45, 2.75) is 62.4 Å². The lowest BCUT2D eigenvalue weighted by atomic mass is 9.44. The van der Waals surface area contributed by atoms with Crippen molar-refractivity contribution in [1.82, 2.24) is 0 Å². The van der Waals surface area contributed by atoms with Crippen LogP contribution in [0, 0.1) is 10.8 Å². The summed E-state index contributed by atoms with van der Waals surface area (Å²) < 4.78 is 14.7. The first-order valence-corrected chi connectivity index (χ1v) is 6.41. The average molecular weight is 261 g/mol. The average Bonchev–Trinajstić information content (AvgIpc) is 1.67. The second-order valence-corrected chi connectivity index (χ2v) is 8.67. The fourth-order valence-corrected chi connectivity index (χ4v) is 7.26. The Morgan fingerprint density at radius 1 is 0.857 bits per heavy atom. The molecule has 4 fully saturated rings.